The molecule has 0 aromatic heterocycles. The quantitative estimate of drug-likeness (QED) is 0.0762. The Morgan fingerprint density at radius 1 is 0.500 bits per heavy atom. The van der Waals surface area contributed by atoms with Crippen LogP contribution in [0.15, 0.2) is 118 Å². The van der Waals surface area contributed by atoms with E-state index in [9.17, 15) is 29.4 Å². The van der Waals surface area contributed by atoms with Crippen LogP contribution in [0.25, 0.3) is 66.8 Å². The first-order valence-corrected chi connectivity index (χ1v) is 23.3. The molecule has 16 nitrogen and oxygen atoms in total. The molecule has 370 valence electrons. The number of fused-ring (bicyclic) bond motifs is 4. The van der Waals surface area contributed by atoms with Gasteiger partial charge in [-0.1, -0.05) is 12.1 Å². The first kappa shape index (κ1) is 50.1. The van der Waals surface area contributed by atoms with Gasteiger partial charge < -0.3 is 58.5 Å². The smallest absolute Gasteiger partial charge is 0.251 e. The van der Waals surface area contributed by atoms with Crippen molar-refractivity contribution in [3.63, 3.8) is 0 Å². The summed E-state index contributed by atoms with van der Waals surface area (Å²) in [6.45, 7) is 0.988. The summed E-state index contributed by atoms with van der Waals surface area (Å²) in [5.41, 5.74) is 6.41. The van der Waals surface area contributed by atoms with E-state index in [1.165, 1.54) is 12.1 Å². The Morgan fingerprint density at radius 2 is 0.889 bits per heavy atom. The van der Waals surface area contributed by atoms with Gasteiger partial charge in [0.05, 0.1) is 50.5 Å². The summed E-state index contributed by atoms with van der Waals surface area (Å²) in [7, 11) is 15.4. The lowest BCUT2D eigenvalue weighted by Crippen LogP contribution is -2.29. The number of aromatic carboxylic acids is 2. The normalized spacial score (nSPS) is 11.3. The van der Waals surface area contributed by atoms with Crippen molar-refractivity contribution >= 4 is 57.1 Å². The van der Waals surface area contributed by atoms with Gasteiger partial charge in [0.1, 0.15) is 50.9 Å². The van der Waals surface area contributed by atoms with Gasteiger partial charge in [0.25, 0.3) is 11.8 Å². The maximum atomic E-state index is 13.2. The van der Waals surface area contributed by atoms with Gasteiger partial charge in [-0.2, -0.15) is 0 Å². The molecule has 2 amide bonds. The Labute approximate surface area is 416 Å². The summed E-state index contributed by atoms with van der Waals surface area (Å²) in [4.78, 5) is 55.8. The summed E-state index contributed by atoms with van der Waals surface area (Å²) >= 11 is 0. The maximum absolute atomic E-state index is 13.2. The largest absolute Gasteiger partial charge is 0.545 e. The van der Waals surface area contributed by atoms with Crippen LogP contribution in [0, 0.1) is 0 Å². The van der Waals surface area contributed by atoms with Gasteiger partial charge in [0.2, 0.25) is 10.7 Å². The van der Waals surface area contributed by atoms with Gasteiger partial charge in [-0.15, -0.1) is 0 Å². The molecule has 8 rings (SSSR count). The highest BCUT2D eigenvalue weighted by atomic mass is 16.5. The molecule has 0 radical (unpaired) electrons. The first-order valence-electron chi connectivity index (χ1n) is 23.3. The molecule has 0 bridgehead atoms. The molecule has 4 aliphatic rings. The molecule has 0 saturated carbocycles. The zero-order valence-electron chi connectivity index (χ0n) is 41.5. The zero-order chi connectivity index (χ0) is 51.4. The van der Waals surface area contributed by atoms with Crippen molar-refractivity contribution < 1.29 is 47.7 Å². The van der Waals surface area contributed by atoms with Gasteiger partial charge in [-0.05, 0) is 71.8 Å². The molecule has 0 atom stereocenters. The Morgan fingerprint density at radius 3 is 1.25 bits per heavy atom. The van der Waals surface area contributed by atoms with Crippen LogP contribution in [-0.2, 0) is 9.47 Å². The number of carbonyl (C=O) groups excluding carboxylic acids is 4. The van der Waals surface area contributed by atoms with Crippen LogP contribution in [0.4, 0.5) is 11.4 Å². The Bertz CT molecular complexity index is 3260. The minimum atomic E-state index is -1.43. The van der Waals surface area contributed by atoms with Crippen LogP contribution in [0.2, 0.25) is 0 Å². The van der Waals surface area contributed by atoms with E-state index in [2.05, 4.69) is 10.6 Å². The lowest BCUT2D eigenvalue weighted by Gasteiger charge is -2.20. The highest BCUT2D eigenvalue weighted by Crippen LogP contribution is 2.44. The number of amides is 2. The molecule has 2 aliphatic carbocycles. The first-order chi connectivity index (χ1) is 34.5. The Hall–Kier alpha value is -8.34. The van der Waals surface area contributed by atoms with Crippen molar-refractivity contribution in [3.05, 3.63) is 142 Å². The number of anilines is 2. The Kier molecular flexibility index (Phi) is 14.8. The van der Waals surface area contributed by atoms with E-state index in [0.717, 1.165) is 22.1 Å². The van der Waals surface area contributed by atoms with Crippen molar-refractivity contribution in [1.82, 2.24) is 19.8 Å². The highest BCUT2D eigenvalue weighted by Gasteiger charge is 2.24. The van der Waals surface area contributed by atoms with Crippen LogP contribution < -0.4 is 50.5 Å². The third kappa shape index (κ3) is 10.5. The molecule has 72 heavy (non-hydrogen) atoms. The molecule has 2 aliphatic heterocycles. The molecule has 2 N–H and O–H groups in total. The number of nitrogens with zero attached hydrogens (tertiary/aromatic N) is 4. The third-order valence-electron chi connectivity index (χ3n) is 12.4. The SMILES string of the molecule is CN(C)c1ccc2c(-c3ccc(C(=O)NCCOCCOCCNC(=O)c4ccc(-c5c6ccc(=[N+](C)C)cc-6oc6cc(N(C)C)ccc56)c(C(=O)[O-])c4)cc3C(=O)[O-])c3ccc(=[N+](C)C)cc-3oc2c1. The van der Waals surface area contributed by atoms with Crippen LogP contribution in [0.3, 0.4) is 0 Å². The van der Waals surface area contributed by atoms with Crippen molar-refractivity contribution in [2.24, 2.45) is 0 Å². The number of carbonyl (C=O) groups is 4. The van der Waals surface area contributed by atoms with E-state index in [4.69, 9.17) is 18.3 Å². The second kappa shape index (κ2) is 21.3. The average Bonchev–Trinajstić information content (AvgIpc) is 3.36. The summed E-state index contributed by atoms with van der Waals surface area (Å²) in [6.07, 6.45) is 0. The lowest BCUT2D eigenvalue weighted by molar-refractivity contribution is -0.256. The van der Waals surface area contributed by atoms with E-state index in [-0.39, 0.29) is 61.8 Å². The fourth-order valence-electron chi connectivity index (χ4n) is 8.57. The van der Waals surface area contributed by atoms with Gasteiger partial charge in [0, 0.05) is 132 Å². The summed E-state index contributed by atoms with van der Waals surface area (Å²) in [5.74, 6) is -2.70. The molecule has 0 unspecified atom stereocenters. The minimum absolute atomic E-state index is 0.140. The molecule has 0 spiro atoms. The van der Waals surface area contributed by atoms with Crippen molar-refractivity contribution in [3.8, 4) is 44.9 Å². The number of carboxylic acids is 2. The minimum Gasteiger partial charge on any atom is -0.545 e. The summed E-state index contributed by atoms with van der Waals surface area (Å²) in [6, 6.07) is 32.0. The average molecular weight is 973 g/mol. The molecule has 2 heterocycles. The number of carboxylic acid groups (broad SMARTS) is 2. The molecule has 0 fully saturated rings. The van der Waals surface area contributed by atoms with Crippen molar-refractivity contribution in [1.29, 1.82) is 0 Å². The third-order valence-corrected chi connectivity index (χ3v) is 12.4. The van der Waals surface area contributed by atoms with Crippen LogP contribution >= 0.6 is 0 Å². The van der Waals surface area contributed by atoms with Gasteiger partial charge >= 0.3 is 0 Å². The molecule has 0 saturated heterocycles. The number of hydrogen-bond acceptors (Lipinski definition) is 12. The molecule has 4 aromatic rings. The number of rotatable bonds is 17. The summed E-state index contributed by atoms with van der Waals surface area (Å²) in [5, 5.41) is 34.1. The number of nitrogens with one attached hydrogen (secondary N) is 2. The standard InChI is InChI=1S/C56H56N6O10/c1-59(2)35-11-17-41-47(29-35)71-48-30-36(60(3)4)12-18-42(48)51(41)39-15-9-33(27-45(39)55(65)66)53(63)57-21-23-69-25-26-70-24-22-58-54(64)34-10-16-40(46(28-34)56(67)68)52-43-19-13-37(61(5)6)31-49(43)72-50-32-38(62(7)8)14-20-44(50)52/h9-20,27-32H,21-26H2,1-8H3,(H2-2,57,58,63,64,65,66,67,68). The highest BCUT2D eigenvalue weighted by molar-refractivity contribution is 6.10. The maximum Gasteiger partial charge on any atom is 0.251 e. The van der Waals surface area contributed by atoms with Crippen molar-refractivity contribution in [2.45, 2.75) is 0 Å². The topological polar surface area (TPSA) is 196 Å². The van der Waals surface area contributed by atoms with Crippen LogP contribution in [-0.4, -0.2) is 120 Å². The van der Waals surface area contributed by atoms with Gasteiger partial charge in [-0.3, -0.25) is 9.59 Å². The van der Waals surface area contributed by atoms with Crippen LogP contribution in [0.5, 0.6) is 0 Å². The zero-order valence-corrected chi connectivity index (χ0v) is 41.5. The molecular formula is C56H56N6O10. The molecule has 16 heteroatoms. The number of ether oxygens (including phenoxy) is 2. The molecular weight excluding hydrogens is 917 g/mol. The van der Waals surface area contributed by atoms with Gasteiger partial charge in [0.15, 0.2) is 0 Å². The predicted molar refractivity (Wildman–Crippen MR) is 274 cm³/mol. The second-order valence-corrected chi connectivity index (χ2v) is 18.1. The fourth-order valence-corrected chi connectivity index (χ4v) is 8.57. The van der Waals surface area contributed by atoms with Crippen molar-refractivity contribution in [2.75, 3.05) is 106 Å². The monoisotopic (exact) mass is 972 g/mol. The Balaban J connectivity index is 0.852. The summed E-state index contributed by atoms with van der Waals surface area (Å²) < 4.78 is 28.0. The van der Waals surface area contributed by atoms with E-state index < -0.39 is 23.8 Å². The van der Waals surface area contributed by atoms with E-state index in [1.807, 2.05) is 148 Å². The lowest BCUT2D eigenvalue weighted by atomic mass is 9.89. The number of hydrogen-bond donors (Lipinski definition) is 2. The van der Waals surface area contributed by atoms with E-state index in [0.29, 0.717) is 66.8 Å². The predicted octanol–water partition coefficient (Wildman–Crippen LogP) is 3.84. The fraction of sp³-hybridized carbons (Fsp3) is 0.250. The van der Waals surface area contributed by atoms with E-state index >= 15 is 0 Å². The second-order valence-electron chi connectivity index (χ2n) is 18.1. The van der Waals surface area contributed by atoms with Gasteiger partial charge in [-0.25, -0.2) is 9.15 Å². The number of benzene rings is 6. The molecule has 4 aromatic carbocycles. The van der Waals surface area contributed by atoms with E-state index in [1.54, 1.807) is 24.3 Å². The van der Waals surface area contributed by atoms with Crippen LogP contribution in [0.1, 0.15) is 41.4 Å².